The van der Waals surface area contributed by atoms with Crippen molar-refractivity contribution in [2.75, 3.05) is 23.3 Å². The number of aromatic nitrogens is 5. The molecule has 0 aliphatic heterocycles. The summed E-state index contributed by atoms with van der Waals surface area (Å²) in [5.74, 6) is 1.02. The molecule has 11 nitrogen and oxygen atoms in total. The number of aromatic amines is 1. The third-order valence-corrected chi connectivity index (χ3v) is 5.47. The Bertz CT molecular complexity index is 1390. The summed E-state index contributed by atoms with van der Waals surface area (Å²) in [5.41, 5.74) is 14.7. The summed E-state index contributed by atoms with van der Waals surface area (Å²) >= 11 is 12.5. The van der Waals surface area contributed by atoms with Gasteiger partial charge < -0.3 is 21.8 Å². The topological polar surface area (TPSA) is 175 Å². The summed E-state index contributed by atoms with van der Waals surface area (Å²) in [7, 11) is 0. The molecule has 0 saturated heterocycles. The number of hydrogen-bond donors (Lipinski definition) is 4. The lowest BCUT2D eigenvalue weighted by Gasteiger charge is -2.15. The number of nitrogen functional groups attached to an aromatic ring is 2. The van der Waals surface area contributed by atoms with Gasteiger partial charge in [-0.05, 0) is 31.2 Å². The molecule has 0 radical (unpaired) electrons. The van der Waals surface area contributed by atoms with Crippen LogP contribution in [0.5, 0.6) is 0 Å². The predicted molar refractivity (Wildman–Crippen MR) is 132 cm³/mol. The number of hydrogen-bond acceptors (Lipinski definition) is 9. The normalized spacial score (nSPS) is 10.9. The summed E-state index contributed by atoms with van der Waals surface area (Å²) in [6, 6.07) is 7.90. The van der Waals surface area contributed by atoms with E-state index in [1.54, 1.807) is 24.4 Å². The number of rotatable bonds is 7. The van der Waals surface area contributed by atoms with Crippen molar-refractivity contribution in [3.05, 3.63) is 68.2 Å². The number of imidazole rings is 1. The molecule has 0 aliphatic rings. The second-order valence-corrected chi connectivity index (χ2v) is 8.14. The van der Waals surface area contributed by atoms with Gasteiger partial charge in [0.05, 0.1) is 33.2 Å². The van der Waals surface area contributed by atoms with E-state index in [4.69, 9.17) is 34.7 Å². The average Bonchev–Trinajstić information content (AvgIpc) is 3.19. The van der Waals surface area contributed by atoms with Gasteiger partial charge in [0.2, 0.25) is 11.8 Å². The molecule has 0 spiro atoms. The van der Waals surface area contributed by atoms with Crippen molar-refractivity contribution in [2.45, 2.75) is 13.3 Å². The summed E-state index contributed by atoms with van der Waals surface area (Å²) in [6.45, 7) is 2.22. The molecule has 174 valence electrons. The van der Waals surface area contributed by atoms with Crippen LogP contribution in [-0.2, 0) is 6.42 Å². The Kier molecular flexibility index (Phi) is 6.48. The van der Waals surface area contributed by atoms with Crippen LogP contribution in [0.15, 0.2) is 36.5 Å². The van der Waals surface area contributed by atoms with Gasteiger partial charge in [-0.25, -0.2) is 19.9 Å². The molecule has 0 saturated carbocycles. The van der Waals surface area contributed by atoms with Crippen LogP contribution in [0, 0.1) is 17.0 Å². The SMILES string of the molecule is Cc1ncc(-c2c(CCNc3ccc([N+](=O)[O-])c(N)n3)nc(N)nc2-c2ccc(Cl)cc2Cl)[nH]1. The molecule has 3 heterocycles. The first-order chi connectivity index (χ1) is 16.2. The minimum atomic E-state index is -0.585. The minimum Gasteiger partial charge on any atom is -0.378 e. The van der Waals surface area contributed by atoms with Gasteiger partial charge in [0.1, 0.15) is 11.6 Å². The van der Waals surface area contributed by atoms with Crippen molar-refractivity contribution in [2.24, 2.45) is 0 Å². The average molecular weight is 500 g/mol. The third kappa shape index (κ3) is 4.85. The fourth-order valence-corrected chi connectivity index (χ4v) is 3.94. The summed E-state index contributed by atoms with van der Waals surface area (Å²) < 4.78 is 0. The quantitative estimate of drug-likeness (QED) is 0.213. The molecule has 0 amide bonds. The summed E-state index contributed by atoms with van der Waals surface area (Å²) in [5, 5.41) is 14.9. The number of nitro groups is 1. The maximum absolute atomic E-state index is 10.9. The molecule has 4 aromatic rings. The standard InChI is InChI=1S/C21H19Cl2N9O2/c1-10-27-9-15(28-10)18-14(6-7-26-17-5-4-16(32(33)34)20(24)30-17)29-21(25)31-19(18)12-3-2-11(22)8-13(12)23/h2-5,8-9H,6-7H2,1H3,(H,27,28)(H3,24,26,30)(H2,25,29,31). The molecule has 0 atom stereocenters. The van der Waals surface area contributed by atoms with Crippen molar-refractivity contribution >= 4 is 46.5 Å². The first-order valence-electron chi connectivity index (χ1n) is 10.0. The number of benzene rings is 1. The predicted octanol–water partition coefficient (Wildman–Crippen LogP) is 4.27. The fourth-order valence-electron chi connectivity index (χ4n) is 3.44. The minimum absolute atomic E-state index is 0.0775. The van der Waals surface area contributed by atoms with E-state index in [1.807, 2.05) is 6.92 Å². The molecule has 0 unspecified atom stereocenters. The zero-order chi connectivity index (χ0) is 24.4. The van der Waals surface area contributed by atoms with Crippen molar-refractivity contribution in [1.29, 1.82) is 0 Å². The zero-order valence-electron chi connectivity index (χ0n) is 17.8. The Morgan fingerprint density at radius 1 is 1.15 bits per heavy atom. The lowest BCUT2D eigenvalue weighted by molar-refractivity contribution is -0.384. The van der Waals surface area contributed by atoms with Crippen LogP contribution in [0.25, 0.3) is 22.5 Å². The van der Waals surface area contributed by atoms with Crippen molar-refractivity contribution < 1.29 is 4.92 Å². The smallest absolute Gasteiger partial charge is 0.311 e. The van der Waals surface area contributed by atoms with Gasteiger partial charge in [0, 0.05) is 35.2 Å². The number of aryl methyl sites for hydroxylation is 1. The van der Waals surface area contributed by atoms with Crippen LogP contribution < -0.4 is 16.8 Å². The van der Waals surface area contributed by atoms with Gasteiger partial charge in [-0.2, -0.15) is 0 Å². The Morgan fingerprint density at radius 2 is 1.94 bits per heavy atom. The number of pyridine rings is 1. The van der Waals surface area contributed by atoms with E-state index in [-0.39, 0.29) is 17.5 Å². The van der Waals surface area contributed by atoms with E-state index in [1.165, 1.54) is 12.1 Å². The number of nitrogens with two attached hydrogens (primary N) is 2. The lowest BCUT2D eigenvalue weighted by atomic mass is 10.0. The van der Waals surface area contributed by atoms with Crippen molar-refractivity contribution in [3.8, 4) is 22.5 Å². The third-order valence-electron chi connectivity index (χ3n) is 4.93. The van der Waals surface area contributed by atoms with E-state index in [0.717, 1.165) is 5.82 Å². The first kappa shape index (κ1) is 23.2. The van der Waals surface area contributed by atoms with E-state index >= 15 is 0 Å². The first-order valence-corrected chi connectivity index (χ1v) is 10.8. The van der Waals surface area contributed by atoms with Gasteiger partial charge in [0.25, 0.3) is 0 Å². The molecule has 0 fully saturated rings. The highest BCUT2D eigenvalue weighted by Gasteiger charge is 2.21. The van der Waals surface area contributed by atoms with Crippen LogP contribution in [0.2, 0.25) is 10.0 Å². The van der Waals surface area contributed by atoms with Gasteiger partial charge in [-0.15, -0.1) is 0 Å². The molecule has 34 heavy (non-hydrogen) atoms. The van der Waals surface area contributed by atoms with Crippen LogP contribution in [0.4, 0.5) is 23.3 Å². The highest BCUT2D eigenvalue weighted by molar-refractivity contribution is 6.36. The number of nitrogens with zero attached hydrogens (tertiary/aromatic N) is 5. The molecule has 1 aromatic carbocycles. The van der Waals surface area contributed by atoms with Crippen molar-refractivity contribution in [3.63, 3.8) is 0 Å². The highest BCUT2D eigenvalue weighted by Crippen LogP contribution is 2.37. The van der Waals surface area contributed by atoms with Crippen LogP contribution in [-0.4, -0.2) is 36.4 Å². The zero-order valence-corrected chi connectivity index (χ0v) is 19.4. The molecular weight excluding hydrogens is 481 g/mol. The van der Waals surface area contributed by atoms with E-state index in [2.05, 4.69) is 30.2 Å². The molecule has 4 rings (SSSR count). The van der Waals surface area contributed by atoms with Gasteiger partial charge >= 0.3 is 5.69 Å². The maximum Gasteiger partial charge on any atom is 0.311 e. The maximum atomic E-state index is 10.9. The van der Waals surface area contributed by atoms with Crippen LogP contribution >= 0.6 is 23.2 Å². The van der Waals surface area contributed by atoms with Gasteiger partial charge in [-0.3, -0.25) is 10.1 Å². The number of nitrogens with one attached hydrogen (secondary N) is 2. The molecule has 3 aromatic heterocycles. The van der Waals surface area contributed by atoms with E-state index < -0.39 is 4.92 Å². The Hall–Kier alpha value is -3.96. The fraction of sp³-hybridized carbons (Fsp3) is 0.143. The Balaban J connectivity index is 1.70. The Morgan fingerprint density at radius 3 is 2.59 bits per heavy atom. The number of halogens is 2. The summed E-state index contributed by atoms with van der Waals surface area (Å²) in [4.78, 5) is 30.8. The van der Waals surface area contributed by atoms with Crippen LogP contribution in [0.1, 0.15) is 11.5 Å². The molecule has 6 N–H and O–H groups in total. The summed E-state index contributed by atoms with van der Waals surface area (Å²) in [6.07, 6.45) is 2.10. The monoisotopic (exact) mass is 499 g/mol. The Labute approximate surface area is 203 Å². The second-order valence-electron chi connectivity index (χ2n) is 7.29. The molecule has 0 bridgehead atoms. The van der Waals surface area contributed by atoms with Crippen molar-refractivity contribution in [1.82, 2.24) is 24.9 Å². The van der Waals surface area contributed by atoms with E-state index in [9.17, 15) is 10.1 Å². The molecule has 13 heteroatoms. The number of H-pyrrole nitrogens is 1. The molecular formula is C21H19Cl2N9O2. The largest absolute Gasteiger partial charge is 0.378 e. The lowest BCUT2D eigenvalue weighted by Crippen LogP contribution is -2.12. The number of anilines is 3. The van der Waals surface area contributed by atoms with Gasteiger partial charge in [0.15, 0.2) is 0 Å². The second kappa shape index (κ2) is 9.49. The van der Waals surface area contributed by atoms with Crippen LogP contribution in [0.3, 0.4) is 0 Å². The molecule has 0 aliphatic carbocycles. The van der Waals surface area contributed by atoms with Gasteiger partial charge in [-0.1, -0.05) is 23.2 Å². The highest BCUT2D eigenvalue weighted by atomic mass is 35.5. The van der Waals surface area contributed by atoms with E-state index in [0.29, 0.717) is 57.0 Å².